The van der Waals surface area contributed by atoms with Gasteiger partial charge in [-0.25, -0.2) is 22.8 Å². The second-order valence-corrected chi connectivity index (χ2v) is 21.5. The molecule has 3 aromatic carbocycles. The molecule has 0 radical (unpaired) electrons. The van der Waals surface area contributed by atoms with Crippen molar-refractivity contribution in [3.63, 3.8) is 0 Å². The van der Waals surface area contributed by atoms with Crippen LogP contribution in [0.2, 0.25) is 5.02 Å². The molecule has 3 saturated heterocycles. The zero-order valence-electron chi connectivity index (χ0n) is 38.3. The Balaban J connectivity index is 0.879. The number of carbonyl (C=O) groups is 1. The summed E-state index contributed by atoms with van der Waals surface area (Å²) in [4.78, 5) is 40.5. The lowest BCUT2D eigenvalue weighted by Gasteiger charge is -2.39. The highest BCUT2D eigenvalue weighted by Gasteiger charge is 2.33. The van der Waals surface area contributed by atoms with Crippen LogP contribution in [0.4, 0.5) is 11.4 Å². The Kier molecular flexibility index (Phi) is 12.8. The van der Waals surface area contributed by atoms with Crippen molar-refractivity contribution in [2.75, 3.05) is 70.5 Å². The van der Waals surface area contributed by atoms with Crippen LogP contribution < -0.4 is 14.4 Å². The number of carbonyl (C=O) groups excluding carboxylic acids is 1. The van der Waals surface area contributed by atoms with Gasteiger partial charge in [0.05, 0.1) is 39.4 Å². The van der Waals surface area contributed by atoms with Gasteiger partial charge in [-0.15, -0.1) is 0 Å². The van der Waals surface area contributed by atoms with Crippen LogP contribution in [0.1, 0.15) is 68.3 Å². The van der Waals surface area contributed by atoms with Gasteiger partial charge in [-0.2, -0.15) is 5.10 Å². The zero-order valence-corrected chi connectivity index (χ0v) is 39.9. The van der Waals surface area contributed by atoms with Crippen molar-refractivity contribution in [1.82, 2.24) is 34.3 Å². The molecule has 10 rings (SSSR count). The maximum Gasteiger partial charge on any atom is 0.312 e. The lowest BCUT2D eigenvalue weighted by molar-refractivity contribution is -0.386. The molecule has 68 heavy (non-hydrogen) atoms. The van der Waals surface area contributed by atoms with Crippen LogP contribution in [0.5, 0.6) is 5.75 Å². The smallest absolute Gasteiger partial charge is 0.312 e. The van der Waals surface area contributed by atoms with Crippen LogP contribution in [0, 0.1) is 21.4 Å². The van der Waals surface area contributed by atoms with Gasteiger partial charge >= 0.3 is 5.69 Å². The van der Waals surface area contributed by atoms with E-state index in [1.54, 1.807) is 23.1 Å². The molecule has 1 amide bonds. The molecular formula is C50H56ClN9O7S. The van der Waals surface area contributed by atoms with Crippen LogP contribution in [0.25, 0.3) is 33.3 Å². The quantitative estimate of drug-likeness (QED) is 0.0837. The molecule has 356 valence electrons. The van der Waals surface area contributed by atoms with Crippen molar-refractivity contribution in [2.45, 2.75) is 63.3 Å². The predicted molar refractivity (Wildman–Crippen MR) is 262 cm³/mol. The number of nitrogens with zero attached hydrogens (tertiary/aromatic N) is 7. The number of rotatable bonds is 13. The molecule has 3 aliphatic heterocycles. The molecule has 3 aromatic heterocycles. The number of pyridine rings is 1. The summed E-state index contributed by atoms with van der Waals surface area (Å²) in [7, 11) is -4.61. The number of anilines is 1. The Morgan fingerprint density at radius 1 is 1.00 bits per heavy atom. The first-order chi connectivity index (χ1) is 32.8. The molecule has 1 unspecified atom stereocenters. The van der Waals surface area contributed by atoms with Crippen molar-refractivity contribution in [2.24, 2.45) is 11.3 Å². The third-order valence-electron chi connectivity index (χ3n) is 14.2. The number of fused-ring (bicyclic) bond motifs is 2. The molecule has 3 fully saturated rings. The SMILES string of the molecule is CC1(C)CCC(CN2CCN(c3ccc(C(=O)NS(=O)(=O)c4ccc(OCC5CCN(C6CCOCC6)C5)c([N+](=O)[O-])c4)c(-n4ncc5nc6[nH]ccc6cc54)c3)CC2)=C(c2ccc(Cl)cc2)C1. The minimum atomic E-state index is -4.61. The monoisotopic (exact) mass is 961 g/mol. The van der Waals surface area contributed by atoms with E-state index in [-0.39, 0.29) is 29.3 Å². The number of nitro groups is 1. The maximum atomic E-state index is 14.3. The first-order valence-corrected chi connectivity index (χ1v) is 25.3. The van der Waals surface area contributed by atoms with E-state index in [0.717, 1.165) is 120 Å². The van der Waals surface area contributed by atoms with E-state index in [2.05, 4.69) is 55.5 Å². The summed E-state index contributed by atoms with van der Waals surface area (Å²) in [6.07, 6.45) is 9.46. The average molecular weight is 963 g/mol. The molecule has 4 aliphatic rings. The Bertz CT molecular complexity index is 3010. The molecule has 2 N–H and O–H groups in total. The number of H-pyrrole nitrogens is 1. The van der Waals surface area contributed by atoms with Crippen LogP contribution >= 0.6 is 11.6 Å². The van der Waals surface area contributed by atoms with Gasteiger partial charge in [0, 0.05) is 92.8 Å². The van der Waals surface area contributed by atoms with Crippen molar-refractivity contribution < 1.29 is 27.6 Å². The number of ether oxygens (including phenoxy) is 2. The summed E-state index contributed by atoms with van der Waals surface area (Å²) < 4.78 is 43.2. The number of nitro benzene ring substituents is 1. The van der Waals surface area contributed by atoms with Crippen LogP contribution in [-0.4, -0.2) is 120 Å². The Labute approximate surface area is 400 Å². The number of sulfonamides is 1. The number of piperazine rings is 1. The summed E-state index contributed by atoms with van der Waals surface area (Å²) >= 11 is 6.27. The molecule has 18 heteroatoms. The number of benzene rings is 3. The fraction of sp³-hybridized carbons (Fsp3) is 0.420. The van der Waals surface area contributed by atoms with Gasteiger partial charge in [0.25, 0.3) is 15.9 Å². The van der Waals surface area contributed by atoms with Crippen molar-refractivity contribution >= 4 is 66.5 Å². The summed E-state index contributed by atoms with van der Waals surface area (Å²) in [5.41, 5.74) is 6.95. The number of nitrogens with one attached hydrogen (secondary N) is 2. The molecule has 1 atom stereocenters. The molecular weight excluding hydrogens is 906 g/mol. The lowest BCUT2D eigenvalue weighted by atomic mass is 9.72. The highest BCUT2D eigenvalue weighted by atomic mass is 35.5. The first-order valence-electron chi connectivity index (χ1n) is 23.5. The Morgan fingerprint density at radius 3 is 2.57 bits per heavy atom. The number of aromatic amines is 1. The number of likely N-dealkylation sites (tertiary alicyclic amines) is 1. The van der Waals surface area contributed by atoms with Gasteiger partial charge in [-0.05, 0) is 116 Å². The van der Waals surface area contributed by atoms with Crippen molar-refractivity contribution in [3.8, 4) is 11.4 Å². The van der Waals surface area contributed by atoms with Crippen molar-refractivity contribution in [3.05, 3.63) is 117 Å². The topological polar surface area (TPSA) is 181 Å². The van der Waals surface area contributed by atoms with Gasteiger partial charge in [-0.1, -0.05) is 43.2 Å². The van der Waals surface area contributed by atoms with E-state index in [1.165, 1.54) is 28.8 Å². The first kappa shape index (κ1) is 45.9. The van der Waals surface area contributed by atoms with Gasteiger partial charge < -0.3 is 19.4 Å². The number of allylic oxidation sites excluding steroid dienone is 1. The van der Waals surface area contributed by atoms with Gasteiger partial charge in [0.2, 0.25) is 0 Å². The largest absolute Gasteiger partial charge is 0.486 e. The number of amides is 1. The number of aromatic nitrogens is 4. The highest BCUT2D eigenvalue weighted by molar-refractivity contribution is 7.90. The van der Waals surface area contributed by atoms with E-state index in [0.29, 0.717) is 28.4 Å². The summed E-state index contributed by atoms with van der Waals surface area (Å²) in [6, 6.07) is 21.2. The number of halogens is 1. The molecule has 6 heterocycles. The average Bonchev–Trinajstić information content (AvgIpc) is 4.11. The fourth-order valence-electron chi connectivity index (χ4n) is 10.4. The van der Waals surface area contributed by atoms with E-state index >= 15 is 0 Å². The van der Waals surface area contributed by atoms with Crippen LogP contribution in [0.3, 0.4) is 0 Å². The highest BCUT2D eigenvalue weighted by Crippen LogP contribution is 2.43. The number of hydrogen-bond acceptors (Lipinski definition) is 12. The lowest BCUT2D eigenvalue weighted by Crippen LogP contribution is -2.47. The third-order valence-corrected chi connectivity index (χ3v) is 15.8. The van der Waals surface area contributed by atoms with Crippen LogP contribution in [-0.2, 0) is 14.8 Å². The summed E-state index contributed by atoms with van der Waals surface area (Å²) in [5.74, 6) is -0.777. The Morgan fingerprint density at radius 2 is 1.79 bits per heavy atom. The zero-order chi connectivity index (χ0) is 47.2. The van der Waals surface area contributed by atoms with Gasteiger partial charge in [0.15, 0.2) is 5.75 Å². The standard InChI is InChI=1S/C50H56ClN9O7S/c1-50(2)16-11-36(42(28-50)34-3-5-37(51)6-4-34)31-56-19-21-57(22-20-56)39-7-9-41(44(26-39)59-45-25-35-12-17-52-48(35)54-43(45)29-53-59)49(61)55-68(64,65)40-8-10-47(46(27-40)60(62)63)67-32-33-13-18-58(30-33)38-14-23-66-24-15-38/h3-10,12,17,25-27,29,33,38H,11,13-16,18-24,28,30-32H2,1-2H3,(H,52,54)(H,55,61). The fourth-order valence-corrected chi connectivity index (χ4v) is 11.5. The van der Waals surface area contributed by atoms with Crippen molar-refractivity contribution in [1.29, 1.82) is 0 Å². The second-order valence-electron chi connectivity index (χ2n) is 19.4. The van der Waals surface area contributed by atoms with E-state index in [9.17, 15) is 23.3 Å². The predicted octanol–water partition coefficient (Wildman–Crippen LogP) is 8.25. The van der Waals surface area contributed by atoms with Gasteiger partial charge in [0.1, 0.15) is 11.2 Å². The van der Waals surface area contributed by atoms with E-state index < -0.39 is 31.4 Å². The third kappa shape index (κ3) is 9.72. The minimum absolute atomic E-state index is 0.0306. The Hall–Kier alpha value is -5.85. The summed E-state index contributed by atoms with van der Waals surface area (Å²) in [6.45, 7) is 12.2. The molecule has 1 aliphatic carbocycles. The van der Waals surface area contributed by atoms with E-state index in [1.807, 2.05) is 36.4 Å². The molecule has 0 saturated carbocycles. The maximum absolute atomic E-state index is 14.3. The van der Waals surface area contributed by atoms with Gasteiger partial charge in [-0.3, -0.25) is 24.7 Å². The normalized spacial score (nSPS) is 19.8. The molecule has 6 aromatic rings. The molecule has 0 spiro atoms. The summed E-state index contributed by atoms with van der Waals surface area (Å²) in [5, 5.41) is 18.5. The minimum Gasteiger partial charge on any atom is -0.486 e. The van der Waals surface area contributed by atoms with E-state index in [4.69, 9.17) is 26.1 Å². The molecule has 0 bridgehead atoms. The molecule has 16 nitrogen and oxygen atoms in total. The second kappa shape index (κ2) is 18.9. The van der Waals surface area contributed by atoms with Crippen LogP contribution in [0.15, 0.2) is 95.7 Å². The number of hydrogen-bond donors (Lipinski definition) is 2.